The van der Waals surface area contributed by atoms with Gasteiger partial charge in [-0.1, -0.05) is 17.6 Å². The average Bonchev–Trinajstić information content (AvgIpc) is 2.24. The summed E-state index contributed by atoms with van der Waals surface area (Å²) in [6.07, 6.45) is 1.53. The third-order valence-electron chi connectivity index (χ3n) is 2.44. The largest absolute Gasteiger partial charge is 0.444 e. The van der Waals surface area contributed by atoms with Gasteiger partial charge in [-0.15, -0.1) is 6.58 Å². The number of ether oxygens (including phenoxy) is 1. The van der Waals surface area contributed by atoms with Gasteiger partial charge in [-0.25, -0.2) is 9.18 Å². The normalized spacial score (nSPS) is 12.6. The molecule has 5 heteroatoms. The summed E-state index contributed by atoms with van der Waals surface area (Å²) in [7, 11) is 5.62. The molecule has 0 aliphatic rings. The lowest BCUT2D eigenvalue weighted by molar-refractivity contribution is 0.0504. The second-order valence-corrected chi connectivity index (χ2v) is 5.54. The van der Waals surface area contributed by atoms with Crippen molar-refractivity contribution in [1.29, 1.82) is 0 Å². The lowest BCUT2D eigenvalue weighted by Gasteiger charge is -2.23. The summed E-state index contributed by atoms with van der Waals surface area (Å²) in [4.78, 5) is 11.8. The minimum absolute atomic E-state index is 0.306. The summed E-state index contributed by atoms with van der Waals surface area (Å²) >= 11 is 0. The minimum Gasteiger partial charge on any atom is -0.444 e. The molecule has 2 radical (unpaired) electrons. The highest BCUT2D eigenvalue weighted by Crippen LogP contribution is 2.18. The van der Waals surface area contributed by atoms with Crippen molar-refractivity contribution in [2.75, 3.05) is 0 Å². The van der Waals surface area contributed by atoms with E-state index in [0.29, 0.717) is 17.4 Å². The topological polar surface area (TPSA) is 38.3 Å². The van der Waals surface area contributed by atoms with Gasteiger partial charge in [0.2, 0.25) is 0 Å². The Morgan fingerprint density at radius 2 is 2.15 bits per heavy atom. The van der Waals surface area contributed by atoms with Crippen LogP contribution in [-0.2, 0) is 4.74 Å². The van der Waals surface area contributed by atoms with Crippen molar-refractivity contribution in [3.05, 3.63) is 42.2 Å². The van der Waals surface area contributed by atoms with Crippen LogP contribution in [0.1, 0.15) is 38.8 Å². The zero-order chi connectivity index (χ0) is 15.3. The number of rotatable bonds is 4. The molecule has 1 atom stereocenters. The standard InChI is InChI=1S/C15H19BFNO2/c1-5-6-13(18-14(19)20-15(2,3)4)10-7-11(16)9-12(17)8-10/h5,7-9,13H,1,6H2,2-4H3,(H,18,19)/t13-/m0/s1. The van der Waals surface area contributed by atoms with Gasteiger partial charge in [-0.05, 0) is 44.9 Å². The maximum atomic E-state index is 13.4. The summed E-state index contributed by atoms with van der Waals surface area (Å²) in [5.74, 6) is -0.444. The molecule has 0 aliphatic heterocycles. The quantitative estimate of drug-likeness (QED) is 0.677. The first-order chi connectivity index (χ1) is 9.21. The Bertz CT molecular complexity index is 477. The van der Waals surface area contributed by atoms with Gasteiger partial charge in [0.05, 0.1) is 6.04 Å². The van der Waals surface area contributed by atoms with Crippen LogP contribution in [0.2, 0.25) is 0 Å². The van der Waals surface area contributed by atoms with E-state index in [0.717, 1.165) is 0 Å². The van der Waals surface area contributed by atoms with Crippen LogP contribution in [0.4, 0.5) is 9.18 Å². The van der Waals surface area contributed by atoms with Gasteiger partial charge in [0.25, 0.3) is 0 Å². The van der Waals surface area contributed by atoms with Crippen LogP contribution in [0.25, 0.3) is 0 Å². The lowest BCUT2D eigenvalue weighted by Crippen LogP contribution is -2.35. The van der Waals surface area contributed by atoms with Crippen molar-refractivity contribution in [2.24, 2.45) is 0 Å². The molecular formula is C15H19BFNO2. The fraction of sp³-hybridized carbons (Fsp3) is 0.400. The second-order valence-electron chi connectivity index (χ2n) is 5.54. The Balaban J connectivity index is 2.88. The fourth-order valence-corrected chi connectivity index (χ4v) is 1.73. The zero-order valence-corrected chi connectivity index (χ0v) is 12.1. The van der Waals surface area contributed by atoms with Crippen LogP contribution in [0.15, 0.2) is 30.9 Å². The Morgan fingerprint density at radius 1 is 1.50 bits per heavy atom. The number of carbonyl (C=O) groups is 1. The van der Waals surface area contributed by atoms with Crippen LogP contribution < -0.4 is 10.8 Å². The van der Waals surface area contributed by atoms with E-state index >= 15 is 0 Å². The molecule has 1 N–H and O–H groups in total. The van der Waals surface area contributed by atoms with E-state index in [1.165, 1.54) is 12.1 Å². The minimum atomic E-state index is -0.593. The molecule has 106 valence electrons. The van der Waals surface area contributed by atoms with Crippen LogP contribution >= 0.6 is 0 Å². The SMILES string of the molecule is [B]c1cc(F)cc([C@H](CC=C)NC(=O)OC(C)(C)C)c1. The van der Waals surface area contributed by atoms with Crippen LogP contribution in [0, 0.1) is 5.82 Å². The molecule has 20 heavy (non-hydrogen) atoms. The first-order valence-electron chi connectivity index (χ1n) is 6.37. The smallest absolute Gasteiger partial charge is 0.408 e. The van der Waals surface area contributed by atoms with Crippen molar-refractivity contribution >= 4 is 19.4 Å². The number of halogens is 1. The highest BCUT2D eigenvalue weighted by Gasteiger charge is 2.20. The monoisotopic (exact) mass is 275 g/mol. The van der Waals surface area contributed by atoms with E-state index in [2.05, 4.69) is 11.9 Å². The molecule has 0 fully saturated rings. The number of alkyl carbamates (subject to hydrolysis) is 1. The number of hydrogen-bond donors (Lipinski definition) is 1. The van der Waals surface area contributed by atoms with E-state index in [9.17, 15) is 9.18 Å². The molecule has 1 aromatic rings. The number of amides is 1. The second kappa shape index (κ2) is 6.59. The van der Waals surface area contributed by atoms with Gasteiger partial charge in [0, 0.05) is 0 Å². The zero-order valence-electron chi connectivity index (χ0n) is 12.1. The van der Waals surface area contributed by atoms with Crippen LogP contribution in [-0.4, -0.2) is 19.5 Å². The van der Waals surface area contributed by atoms with E-state index in [1.54, 1.807) is 32.9 Å². The Hall–Kier alpha value is -1.78. The van der Waals surface area contributed by atoms with Gasteiger partial charge in [-0.3, -0.25) is 0 Å². The molecule has 0 saturated heterocycles. The molecule has 1 aromatic carbocycles. The van der Waals surface area contributed by atoms with Crippen molar-refractivity contribution < 1.29 is 13.9 Å². The Kier molecular flexibility index (Phi) is 5.37. The van der Waals surface area contributed by atoms with Crippen molar-refractivity contribution in [3.63, 3.8) is 0 Å². The molecule has 0 heterocycles. The summed E-state index contributed by atoms with van der Waals surface area (Å²) in [5.41, 5.74) is 0.289. The number of hydrogen-bond acceptors (Lipinski definition) is 2. The predicted molar refractivity (Wildman–Crippen MR) is 78.7 cm³/mol. The van der Waals surface area contributed by atoms with Gasteiger partial charge < -0.3 is 10.1 Å². The van der Waals surface area contributed by atoms with Gasteiger partial charge in [0.1, 0.15) is 19.3 Å². The number of benzene rings is 1. The Labute approximate surface area is 120 Å². The van der Waals surface area contributed by atoms with Gasteiger partial charge in [0.15, 0.2) is 0 Å². The average molecular weight is 275 g/mol. The van der Waals surface area contributed by atoms with Crippen molar-refractivity contribution in [1.82, 2.24) is 5.32 Å². The fourth-order valence-electron chi connectivity index (χ4n) is 1.73. The van der Waals surface area contributed by atoms with E-state index in [1.807, 2.05) is 0 Å². The predicted octanol–water partition coefficient (Wildman–Crippen LogP) is 2.76. The van der Waals surface area contributed by atoms with E-state index in [-0.39, 0.29) is 0 Å². The molecule has 0 aromatic heterocycles. The van der Waals surface area contributed by atoms with E-state index < -0.39 is 23.6 Å². The van der Waals surface area contributed by atoms with Crippen molar-refractivity contribution in [2.45, 2.75) is 38.8 Å². The van der Waals surface area contributed by atoms with Crippen molar-refractivity contribution in [3.8, 4) is 0 Å². The van der Waals surface area contributed by atoms with E-state index in [4.69, 9.17) is 12.6 Å². The van der Waals surface area contributed by atoms with Gasteiger partial charge in [-0.2, -0.15) is 0 Å². The summed E-state index contributed by atoms with van der Waals surface area (Å²) in [6, 6.07) is 3.75. The van der Waals surface area contributed by atoms with Crippen LogP contribution in [0.3, 0.4) is 0 Å². The molecule has 0 aliphatic carbocycles. The molecule has 0 spiro atoms. The molecule has 0 saturated carbocycles. The number of carbonyl (C=O) groups excluding carboxylic acids is 1. The summed E-state index contributed by atoms with van der Waals surface area (Å²) < 4.78 is 18.6. The lowest BCUT2D eigenvalue weighted by atomic mass is 9.91. The summed E-state index contributed by atoms with van der Waals surface area (Å²) in [5, 5.41) is 2.69. The molecule has 0 unspecified atom stereocenters. The third-order valence-corrected chi connectivity index (χ3v) is 2.44. The summed E-state index contributed by atoms with van der Waals surface area (Å²) in [6.45, 7) is 8.95. The first-order valence-corrected chi connectivity index (χ1v) is 6.37. The first kappa shape index (κ1) is 16.3. The molecule has 1 amide bonds. The van der Waals surface area contributed by atoms with Gasteiger partial charge >= 0.3 is 6.09 Å². The maximum Gasteiger partial charge on any atom is 0.408 e. The molecular weight excluding hydrogens is 256 g/mol. The molecule has 3 nitrogen and oxygen atoms in total. The highest BCUT2D eigenvalue weighted by atomic mass is 19.1. The molecule has 1 rings (SSSR count). The van der Waals surface area contributed by atoms with Crippen LogP contribution in [0.5, 0.6) is 0 Å². The molecule has 0 bridgehead atoms. The third kappa shape index (κ3) is 5.47. The number of nitrogens with one attached hydrogen (secondary N) is 1. The maximum absolute atomic E-state index is 13.4. The highest BCUT2D eigenvalue weighted by molar-refractivity contribution is 6.32. The Morgan fingerprint density at radius 3 is 2.65 bits per heavy atom.